The Morgan fingerprint density at radius 3 is 1.53 bits per heavy atom. The quantitative estimate of drug-likeness (QED) is 0.162. The molecular weight excluding hydrogens is 380 g/mol. The molecule has 2 aromatic rings. The molecule has 0 N–H and O–H groups in total. The fourth-order valence-corrected chi connectivity index (χ4v) is 2.74. The SMILES string of the molecule is CCCCCC(=O)Oc1cccc(N=Nc2cccc(OC(=O)CCCCC)c2)c1. The number of hydrogen-bond acceptors (Lipinski definition) is 6. The van der Waals surface area contributed by atoms with Crippen molar-refractivity contribution in [2.75, 3.05) is 0 Å². The van der Waals surface area contributed by atoms with Crippen LogP contribution in [0, 0.1) is 0 Å². The fourth-order valence-electron chi connectivity index (χ4n) is 2.74. The fraction of sp³-hybridized carbons (Fsp3) is 0.417. The van der Waals surface area contributed by atoms with Gasteiger partial charge in [0.15, 0.2) is 0 Å². The van der Waals surface area contributed by atoms with Gasteiger partial charge in [0.1, 0.15) is 11.5 Å². The zero-order chi connectivity index (χ0) is 21.6. The molecule has 0 aliphatic carbocycles. The van der Waals surface area contributed by atoms with Crippen LogP contribution in [0.3, 0.4) is 0 Å². The lowest BCUT2D eigenvalue weighted by atomic mass is 10.2. The van der Waals surface area contributed by atoms with Crippen LogP contribution in [-0.2, 0) is 9.59 Å². The van der Waals surface area contributed by atoms with E-state index in [9.17, 15) is 9.59 Å². The number of benzene rings is 2. The van der Waals surface area contributed by atoms with Crippen molar-refractivity contribution in [1.29, 1.82) is 0 Å². The zero-order valence-corrected chi connectivity index (χ0v) is 17.8. The molecule has 0 unspecified atom stereocenters. The van der Waals surface area contributed by atoms with Gasteiger partial charge in [-0.25, -0.2) is 0 Å². The lowest BCUT2D eigenvalue weighted by Gasteiger charge is -2.05. The first-order valence-corrected chi connectivity index (χ1v) is 10.6. The number of azo groups is 1. The van der Waals surface area contributed by atoms with Crippen molar-refractivity contribution < 1.29 is 19.1 Å². The average Bonchev–Trinajstić information content (AvgIpc) is 2.73. The van der Waals surface area contributed by atoms with E-state index in [1.165, 1.54) is 0 Å². The summed E-state index contributed by atoms with van der Waals surface area (Å²) in [6.07, 6.45) is 6.60. The number of hydrogen-bond donors (Lipinski definition) is 0. The van der Waals surface area contributed by atoms with E-state index in [-0.39, 0.29) is 11.9 Å². The van der Waals surface area contributed by atoms with Gasteiger partial charge in [-0.2, -0.15) is 10.2 Å². The standard InChI is InChI=1S/C24H30N2O4/c1-3-5-7-15-23(27)29-21-13-9-11-19(17-21)25-26-20-12-10-14-22(18-20)30-24(28)16-8-6-4-2/h9-14,17-18H,3-8,15-16H2,1-2H3. The maximum absolute atomic E-state index is 11.9. The van der Waals surface area contributed by atoms with Crippen LogP contribution in [0.15, 0.2) is 58.8 Å². The molecular formula is C24H30N2O4. The summed E-state index contributed by atoms with van der Waals surface area (Å²) in [4.78, 5) is 23.7. The summed E-state index contributed by atoms with van der Waals surface area (Å²) in [5.74, 6) is 0.405. The number of rotatable bonds is 12. The molecule has 30 heavy (non-hydrogen) atoms. The molecule has 2 aromatic carbocycles. The average molecular weight is 411 g/mol. The van der Waals surface area contributed by atoms with Crippen LogP contribution in [-0.4, -0.2) is 11.9 Å². The Morgan fingerprint density at radius 2 is 1.13 bits per heavy atom. The molecule has 0 aromatic heterocycles. The number of nitrogens with zero attached hydrogens (tertiary/aromatic N) is 2. The van der Waals surface area contributed by atoms with E-state index in [1.807, 2.05) is 0 Å². The highest BCUT2D eigenvalue weighted by Gasteiger charge is 2.06. The molecule has 0 spiro atoms. The highest BCUT2D eigenvalue weighted by molar-refractivity contribution is 5.73. The number of esters is 2. The molecule has 0 atom stereocenters. The van der Waals surface area contributed by atoms with E-state index in [0.29, 0.717) is 35.7 Å². The first-order chi connectivity index (χ1) is 14.6. The molecule has 0 fully saturated rings. The Morgan fingerprint density at radius 1 is 0.700 bits per heavy atom. The Balaban J connectivity index is 1.94. The van der Waals surface area contributed by atoms with Gasteiger partial charge in [-0.15, -0.1) is 0 Å². The Labute approximate surface area is 178 Å². The van der Waals surface area contributed by atoms with E-state index < -0.39 is 0 Å². The minimum absolute atomic E-state index is 0.244. The number of carbonyl (C=O) groups is 2. The van der Waals surface area contributed by atoms with Crippen molar-refractivity contribution in [1.82, 2.24) is 0 Å². The molecule has 160 valence electrons. The lowest BCUT2D eigenvalue weighted by Crippen LogP contribution is -2.07. The number of carbonyl (C=O) groups excluding carboxylic acids is 2. The predicted molar refractivity (Wildman–Crippen MR) is 117 cm³/mol. The molecule has 0 radical (unpaired) electrons. The highest BCUT2D eigenvalue weighted by Crippen LogP contribution is 2.25. The minimum Gasteiger partial charge on any atom is -0.426 e. The van der Waals surface area contributed by atoms with Crippen molar-refractivity contribution in [3.05, 3.63) is 48.5 Å². The highest BCUT2D eigenvalue weighted by atomic mass is 16.5. The number of ether oxygens (including phenoxy) is 2. The van der Waals surface area contributed by atoms with E-state index >= 15 is 0 Å². The Hall–Kier alpha value is -3.02. The van der Waals surface area contributed by atoms with Crippen LogP contribution in [0.4, 0.5) is 11.4 Å². The van der Waals surface area contributed by atoms with Gasteiger partial charge < -0.3 is 9.47 Å². The molecule has 0 amide bonds. The van der Waals surface area contributed by atoms with Gasteiger partial charge in [0.25, 0.3) is 0 Å². The van der Waals surface area contributed by atoms with Gasteiger partial charge in [0, 0.05) is 25.0 Å². The van der Waals surface area contributed by atoms with E-state index in [4.69, 9.17) is 9.47 Å². The van der Waals surface area contributed by atoms with Gasteiger partial charge in [0.2, 0.25) is 0 Å². The molecule has 2 rings (SSSR count). The minimum atomic E-state index is -0.244. The maximum atomic E-state index is 11.9. The van der Waals surface area contributed by atoms with E-state index in [0.717, 1.165) is 38.5 Å². The van der Waals surface area contributed by atoms with Crippen LogP contribution in [0.1, 0.15) is 65.2 Å². The van der Waals surface area contributed by atoms with Crippen LogP contribution >= 0.6 is 0 Å². The zero-order valence-electron chi connectivity index (χ0n) is 17.8. The first kappa shape index (κ1) is 23.3. The smallest absolute Gasteiger partial charge is 0.311 e. The van der Waals surface area contributed by atoms with Gasteiger partial charge in [-0.1, -0.05) is 51.7 Å². The summed E-state index contributed by atoms with van der Waals surface area (Å²) in [7, 11) is 0. The molecule has 6 nitrogen and oxygen atoms in total. The van der Waals surface area contributed by atoms with Gasteiger partial charge in [0.05, 0.1) is 11.4 Å². The van der Waals surface area contributed by atoms with Crippen molar-refractivity contribution in [2.24, 2.45) is 10.2 Å². The topological polar surface area (TPSA) is 77.3 Å². The second-order valence-electron chi connectivity index (χ2n) is 7.06. The van der Waals surface area contributed by atoms with Gasteiger partial charge in [-0.05, 0) is 37.1 Å². The second kappa shape index (κ2) is 13.2. The molecule has 0 bridgehead atoms. The summed E-state index contributed by atoms with van der Waals surface area (Å²) in [5, 5.41) is 8.39. The number of unbranched alkanes of at least 4 members (excludes halogenated alkanes) is 4. The Bertz CT molecular complexity index is 779. The summed E-state index contributed by atoms with van der Waals surface area (Å²) < 4.78 is 10.7. The lowest BCUT2D eigenvalue weighted by molar-refractivity contribution is -0.135. The molecule has 0 saturated carbocycles. The van der Waals surface area contributed by atoms with Crippen LogP contribution in [0.25, 0.3) is 0 Å². The molecule has 0 saturated heterocycles. The van der Waals surface area contributed by atoms with Crippen LogP contribution in [0.5, 0.6) is 11.5 Å². The molecule has 6 heteroatoms. The largest absolute Gasteiger partial charge is 0.426 e. The summed E-state index contributed by atoms with van der Waals surface area (Å²) in [5.41, 5.74) is 1.13. The summed E-state index contributed by atoms with van der Waals surface area (Å²) in [6.45, 7) is 4.18. The van der Waals surface area contributed by atoms with Crippen molar-refractivity contribution in [3.8, 4) is 11.5 Å². The van der Waals surface area contributed by atoms with Crippen molar-refractivity contribution >= 4 is 23.3 Å². The van der Waals surface area contributed by atoms with Crippen LogP contribution in [0.2, 0.25) is 0 Å². The van der Waals surface area contributed by atoms with Gasteiger partial charge >= 0.3 is 11.9 Å². The Kier molecular flexibility index (Phi) is 10.3. The summed E-state index contributed by atoms with van der Waals surface area (Å²) in [6, 6.07) is 13.8. The van der Waals surface area contributed by atoms with Crippen LogP contribution < -0.4 is 9.47 Å². The monoisotopic (exact) mass is 410 g/mol. The molecule has 0 aliphatic heterocycles. The normalized spacial score (nSPS) is 10.9. The first-order valence-electron chi connectivity index (χ1n) is 10.6. The van der Waals surface area contributed by atoms with Gasteiger partial charge in [-0.3, -0.25) is 9.59 Å². The van der Waals surface area contributed by atoms with E-state index in [2.05, 4.69) is 24.1 Å². The maximum Gasteiger partial charge on any atom is 0.311 e. The van der Waals surface area contributed by atoms with E-state index in [1.54, 1.807) is 48.5 Å². The molecule has 0 aliphatic rings. The third-order valence-electron chi connectivity index (χ3n) is 4.35. The molecule has 0 heterocycles. The predicted octanol–water partition coefficient (Wildman–Crippen LogP) is 7.07. The second-order valence-corrected chi connectivity index (χ2v) is 7.06. The van der Waals surface area contributed by atoms with Crippen molar-refractivity contribution in [2.45, 2.75) is 65.2 Å². The summed E-state index contributed by atoms with van der Waals surface area (Å²) >= 11 is 0. The van der Waals surface area contributed by atoms with Crippen molar-refractivity contribution in [3.63, 3.8) is 0 Å². The third kappa shape index (κ3) is 8.99. The third-order valence-corrected chi connectivity index (χ3v) is 4.35.